The van der Waals surface area contributed by atoms with Gasteiger partial charge in [-0.15, -0.1) is 0 Å². The normalized spacial score (nSPS) is 10.5. The van der Waals surface area contributed by atoms with Gasteiger partial charge in [-0.2, -0.15) is 0 Å². The highest BCUT2D eigenvalue weighted by Gasteiger charge is 2.06. The minimum absolute atomic E-state index is 0.461. The van der Waals surface area contributed by atoms with Gasteiger partial charge < -0.3 is 10.1 Å². The number of halogens is 3. The molecular weight excluding hydrogens is 305 g/mol. The van der Waals surface area contributed by atoms with E-state index in [1.54, 1.807) is 24.3 Å². The van der Waals surface area contributed by atoms with E-state index in [1.807, 2.05) is 19.2 Å². The van der Waals surface area contributed by atoms with Crippen molar-refractivity contribution >= 4 is 34.8 Å². The molecule has 0 bridgehead atoms. The number of hydrogen-bond acceptors (Lipinski definition) is 2. The lowest BCUT2D eigenvalue weighted by Gasteiger charge is -2.10. The van der Waals surface area contributed by atoms with Crippen LogP contribution in [-0.2, 0) is 6.54 Å². The smallest absolute Gasteiger partial charge is 0.146 e. The standard InChI is InChI=1S/C14H12Cl3NO/c1-18-8-9-2-4-11(7-12(9)16)19-14-5-3-10(15)6-13(14)17/h2-7,18H,8H2,1H3. The summed E-state index contributed by atoms with van der Waals surface area (Å²) < 4.78 is 5.68. The van der Waals surface area contributed by atoms with E-state index >= 15 is 0 Å². The van der Waals surface area contributed by atoms with Gasteiger partial charge >= 0.3 is 0 Å². The molecule has 0 saturated carbocycles. The van der Waals surface area contributed by atoms with Crippen molar-refractivity contribution in [3.8, 4) is 11.5 Å². The van der Waals surface area contributed by atoms with Gasteiger partial charge in [0.05, 0.1) is 5.02 Å². The molecule has 0 aliphatic rings. The molecule has 2 aromatic carbocycles. The zero-order valence-electron chi connectivity index (χ0n) is 10.2. The molecule has 2 aromatic rings. The molecule has 0 aliphatic carbocycles. The summed E-state index contributed by atoms with van der Waals surface area (Å²) in [7, 11) is 1.87. The Balaban J connectivity index is 2.21. The summed E-state index contributed by atoms with van der Waals surface area (Å²) in [6.45, 7) is 0.709. The Bertz CT molecular complexity index is 587. The fraction of sp³-hybridized carbons (Fsp3) is 0.143. The van der Waals surface area contributed by atoms with Crippen LogP contribution in [0.2, 0.25) is 15.1 Å². The fourth-order valence-electron chi connectivity index (χ4n) is 1.61. The summed E-state index contributed by atoms with van der Waals surface area (Å²) in [5, 5.41) is 4.73. The van der Waals surface area contributed by atoms with Gasteiger partial charge in [0, 0.05) is 16.6 Å². The third-order valence-corrected chi connectivity index (χ3v) is 3.40. The van der Waals surface area contributed by atoms with E-state index in [4.69, 9.17) is 39.5 Å². The number of nitrogens with one attached hydrogen (secondary N) is 1. The van der Waals surface area contributed by atoms with Crippen LogP contribution in [0.5, 0.6) is 11.5 Å². The van der Waals surface area contributed by atoms with E-state index in [9.17, 15) is 0 Å². The van der Waals surface area contributed by atoms with Gasteiger partial charge in [0.2, 0.25) is 0 Å². The van der Waals surface area contributed by atoms with Crippen molar-refractivity contribution in [1.82, 2.24) is 5.32 Å². The van der Waals surface area contributed by atoms with Crippen LogP contribution in [0.25, 0.3) is 0 Å². The molecule has 0 heterocycles. The topological polar surface area (TPSA) is 21.3 Å². The van der Waals surface area contributed by atoms with Gasteiger partial charge in [-0.3, -0.25) is 0 Å². The maximum Gasteiger partial charge on any atom is 0.146 e. The number of hydrogen-bond donors (Lipinski definition) is 1. The van der Waals surface area contributed by atoms with Crippen molar-refractivity contribution in [2.24, 2.45) is 0 Å². The van der Waals surface area contributed by atoms with E-state index in [2.05, 4.69) is 5.32 Å². The summed E-state index contributed by atoms with van der Waals surface area (Å²) in [5.41, 5.74) is 1.01. The second kappa shape index (κ2) is 6.49. The first kappa shape index (κ1) is 14.5. The molecule has 0 aliphatic heterocycles. The van der Waals surface area contributed by atoms with Crippen molar-refractivity contribution in [2.45, 2.75) is 6.54 Å². The zero-order chi connectivity index (χ0) is 13.8. The van der Waals surface area contributed by atoms with E-state index in [0.29, 0.717) is 33.1 Å². The predicted molar refractivity (Wildman–Crippen MR) is 80.8 cm³/mol. The molecule has 19 heavy (non-hydrogen) atoms. The highest BCUT2D eigenvalue weighted by atomic mass is 35.5. The Hall–Kier alpha value is -0.930. The Kier molecular flexibility index (Phi) is 4.94. The summed E-state index contributed by atoms with van der Waals surface area (Å²) in [6, 6.07) is 10.6. The van der Waals surface area contributed by atoms with E-state index < -0.39 is 0 Å². The van der Waals surface area contributed by atoms with Crippen molar-refractivity contribution in [1.29, 1.82) is 0 Å². The fourth-order valence-corrected chi connectivity index (χ4v) is 2.29. The molecule has 100 valence electrons. The summed E-state index contributed by atoms with van der Waals surface area (Å²) in [6.07, 6.45) is 0. The number of benzene rings is 2. The predicted octanol–water partition coefficient (Wildman–Crippen LogP) is 5.16. The maximum absolute atomic E-state index is 6.17. The second-order valence-corrected chi connectivity index (χ2v) is 5.21. The van der Waals surface area contributed by atoms with E-state index in [1.165, 1.54) is 0 Å². The van der Waals surface area contributed by atoms with Gasteiger partial charge in [0.1, 0.15) is 11.5 Å². The molecule has 5 heteroatoms. The molecule has 0 radical (unpaired) electrons. The van der Waals surface area contributed by atoms with Crippen LogP contribution < -0.4 is 10.1 Å². The highest BCUT2D eigenvalue weighted by Crippen LogP contribution is 2.33. The Morgan fingerprint density at radius 2 is 1.79 bits per heavy atom. The van der Waals surface area contributed by atoms with E-state index in [0.717, 1.165) is 5.56 Å². The zero-order valence-corrected chi connectivity index (χ0v) is 12.5. The minimum atomic E-state index is 0.461. The largest absolute Gasteiger partial charge is 0.456 e. The molecule has 0 saturated heterocycles. The lowest BCUT2D eigenvalue weighted by Crippen LogP contribution is -2.05. The molecule has 0 fully saturated rings. The van der Waals surface area contributed by atoms with Gasteiger partial charge in [-0.1, -0.05) is 40.9 Å². The van der Waals surface area contributed by atoms with Gasteiger partial charge in [-0.05, 0) is 42.9 Å². The summed E-state index contributed by atoms with van der Waals surface area (Å²) >= 11 is 18.0. The second-order valence-electron chi connectivity index (χ2n) is 3.96. The van der Waals surface area contributed by atoms with Crippen molar-refractivity contribution in [2.75, 3.05) is 7.05 Å². The average Bonchev–Trinajstić information content (AvgIpc) is 2.36. The van der Waals surface area contributed by atoms with Crippen molar-refractivity contribution in [3.63, 3.8) is 0 Å². The molecule has 2 rings (SSSR count). The molecule has 0 amide bonds. The molecule has 0 aromatic heterocycles. The van der Waals surface area contributed by atoms with Crippen LogP contribution >= 0.6 is 34.8 Å². The third-order valence-electron chi connectivity index (χ3n) is 2.51. The maximum atomic E-state index is 6.17. The van der Waals surface area contributed by atoms with Crippen LogP contribution in [0.15, 0.2) is 36.4 Å². The SMILES string of the molecule is CNCc1ccc(Oc2ccc(Cl)cc2Cl)cc1Cl. The van der Waals surface area contributed by atoms with Gasteiger partial charge in [0.25, 0.3) is 0 Å². The summed E-state index contributed by atoms with van der Waals surface area (Å²) in [4.78, 5) is 0. The first-order valence-corrected chi connectivity index (χ1v) is 6.79. The monoisotopic (exact) mass is 315 g/mol. The first-order chi connectivity index (χ1) is 9.10. The molecular formula is C14H12Cl3NO. The molecule has 0 atom stereocenters. The van der Waals surface area contributed by atoms with Gasteiger partial charge in [0.15, 0.2) is 0 Å². The third kappa shape index (κ3) is 3.77. The Morgan fingerprint density at radius 3 is 2.42 bits per heavy atom. The van der Waals surface area contributed by atoms with Crippen LogP contribution in [0, 0.1) is 0 Å². The molecule has 0 spiro atoms. The van der Waals surface area contributed by atoms with E-state index in [-0.39, 0.29) is 0 Å². The van der Waals surface area contributed by atoms with Crippen LogP contribution in [0.1, 0.15) is 5.56 Å². The molecule has 2 nitrogen and oxygen atoms in total. The quantitative estimate of drug-likeness (QED) is 0.841. The first-order valence-electron chi connectivity index (χ1n) is 5.66. The number of ether oxygens (including phenoxy) is 1. The van der Waals surface area contributed by atoms with Crippen molar-refractivity contribution < 1.29 is 4.74 Å². The highest BCUT2D eigenvalue weighted by molar-refractivity contribution is 6.35. The number of rotatable bonds is 4. The lowest BCUT2D eigenvalue weighted by atomic mass is 10.2. The summed E-state index contributed by atoms with van der Waals surface area (Å²) in [5.74, 6) is 1.18. The Morgan fingerprint density at radius 1 is 1.00 bits per heavy atom. The Labute approximate surface area is 127 Å². The van der Waals surface area contributed by atoms with Crippen molar-refractivity contribution in [3.05, 3.63) is 57.0 Å². The van der Waals surface area contributed by atoms with Crippen LogP contribution in [0.4, 0.5) is 0 Å². The molecule has 1 N–H and O–H groups in total. The van der Waals surface area contributed by atoms with Crippen LogP contribution in [-0.4, -0.2) is 7.05 Å². The molecule has 0 unspecified atom stereocenters. The lowest BCUT2D eigenvalue weighted by molar-refractivity contribution is 0.482. The minimum Gasteiger partial charge on any atom is -0.456 e. The van der Waals surface area contributed by atoms with Gasteiger partial charge in [-0.25, -0.2) is 0 Å². The average molecular weight is 317 g/mol. The van der Waals surface area contributed by atoms with Crippen LogP contribution in [0.3, 0.4) is 0 Å².